The van der Waals surface area contributed by atoms with Crippen LogP contribution in [0.15, 0.2) is 45.9 Å². The molecule has 1 aliphatic heterocycles. The Hall–Kier alpha value is -2.40. The van der Waals surface area contributed by atoms with Crippen LogP contribution in [0.25, 0.3) is 22.5 Å². The lowest BCUT2D eigenvalue weighted by Gasteiger charge is -2.23. The molecule has 3 aromatic rings. The Labute approximate surface area is 202 Å². The van der Waals surface area contributed by atoms with Crippen molar-refractivity contribution in [2.75, 3.05) is 25.4 Å². The average Bonchev–Trinajstić information content (AvgIpc) is 3.41. The summed E-state index contributed by atoms with van der Waals surface area (Å²) in [5.41, 5.74) is 9.88. The predicted molar refractivity (Wildman–Crippen MR) is 135 cm³/mol. The van der Waals surface area contributed by atoms with Crippen molar-refractivity contribution in [3.8, 4) is 22.5 Å². The summed E-state index contributed by atoms with van der Waals surface area (Å²) in [6.07, 6.45) is 3.76. The lowest BCUT2D eigenvalue weighted by Crippen LogP contribution is -2.40. The first-order valence-electron chi connectivity index (χ1n) is 10.8. The number of rotatable bonds is 7. The molecule has 178 valence electrons. The molecule has 0 saturated carbocycles. The van der Waals surface area contributed by atoms with E-state index in [1.54, 1.807) is 24.4 Å². The quantitative estimate of drug-likeness (QED) is 0.522. The molecule has 0 spiro atoms. The van der Waals surface area contributed by atoms with Gasteiger partial charge in [0.15, 0.2) is 5.76 Å². The number of pyridine rings is 1. The Kier molecular flexibility index (Phi) is 7.84. The highest BCUT2D eigenvalue weighted by Crippen LogP contribution is 2.32. The molecule has 10 heteroatoms. The lowest BCUT2D eigenvalue weighted by atomic mass is 10.00. The molecule has 0 radical (unpaired) electrons. The van der Waals surface area contributed by atoms with Gasteiger partial charge in [-0.05, 0) is 69.1 Å². The van der Waals surface area contributed by atoms with Gasteiger partial charge in [0, 0.05) is 30.4 Å². The van der Waals surface area contributed by atoms with Gasteiger partial charge in [0.25, 0.3) is 0 Å². The van der Waals surface area contributed by atoms with E-state index in [0.29, 0.717) is 23.7 Å². The maximum Gasteiger partial charge on any atom is 0.240 e. The molecule has 0 aliphatic carbocycles. The van der Waals surface area contributed by atoms with Gasteiger partial charge in [0.2, 0.25) is 10.0 Å². The van der Waals surface area contributed by atoms with Gasteiger partial charge in [-0.15, -0.1) is 0 Å². The van der Waals surface area contributed by atoms with Gasteiger partial charge in [-0.3, -0.25) is 4.90 Å². The van der Waals surface area contributed by atoms with E-state index in [1.807, 2.05) is 26.0 Å². The minimum atomic E-state index is -3.64. The first kappa shape index (κ1) is 25.2. The minimum Gasteiger partial charge on any atom is -0.383 e. The summed E-state index contributed by atoms with van der Waals surface area (Å²) in [6.45, 7) is 8.24. The normalized spacial score (nSPS) is 16.6. The van der Waals surface area contributed by atoms with Crippen LogP contribution >= 0.6 is 13.5 Å². The van der Waals surface area contributed by atoms with E-state index >= 15 is 0 Å². The van der Waals surface area contributed by atoms with Gasteiger partial charge in [-0.25, -0.2) is 18.1 Å². The Bertz CT molecular complexity index is 1230. The van der Waals surface area contributed by atoms with E-state index in [9.17, 15) is 8.42 Å². The number of nitrogens with one attached hydrogen (secondary N) is 1. The van der Waals surface area contributed by atoms with Crippen LogP contribution in [0.1, 0.15) is 31.0 Å². The fourth-order valence-electron chi connectivity index (χ4n) is 4.22. The number of anilines is 1. The molecular weight excluding hydrogens is 458 g/mol. The molecule has 1 unspecified atom stereocenters. The molecule has 8 nitrogen and oxygen atoms in total. The molecule has 1 aromatic carbocycles. The Morgan fingerprint density at radius 1 is 1.21 bits per heavy atom. The molecule has 3 N–H and O–H groups in total. The zero-order valence-electron chi connectivity index (χ0n) is 19.1. The van der Waals surface area contributed by atoms with Crippen molar-refractivity contribution in [2.24, 2.45) is 0 Å². The molecule has 0 amide bonds. The second kappa shape index (κ2) is 10.3. The highest BCUT2D eigenvalue weighted by Gasteiger charge is 2.25. The fraction of sp³-hybridized carbons (Fsp3) is 0.391. The van der Waals surface area contributed by atoms with Crippen LogP contribution in [0.5, 0.6) is 0 Å². The number of hydrogen-bond acceptors (Lipinski definition) is 7. The Balaban J connectivity index is 0.00000306. The molecule has 2 aromatic heterocycles. The topological polar surface area (TPSA) is 114 Å². The van der Waals surface area contributed by atoms with Gasteiger partial charge < -0.3 is 10.3 Å². The van der Waals surface area contributed by atoms with E-state index in [4.69, 9.17) is 10.3 Å². The third kappa shape index (κ3) is 5.40. The van der Waals surface area contributed by atoms with Crippen LogP contribution in [-0.2, 0) is 10.0 Å². The predicted octanol–water partition coefficient (Wildman–Crippen LogP) is 3.48. The SMILES string of the molecule is CCN1CCCC1CNS(=O)(=O)c1ccc(C)c(-c2cnc(N)c(-c3cc(C)no3)c2)c1.S. The van der Waals surface area contributed by atoms with Crippen molar-refractivity contribution >= 4 is 29.3 Å². The van der Waals surface area contributed by atoms with E-state index in [1.165, 1.54) is 0 Å². The van der Waals surface area contributed by atoms with Gasteiger partial charge in [0.1, 0.15) is 5.82 Å². The summed E-state index contributed by atoms with van der Waals surface area (Å²) in [5, 5.41) is 3.92. The smallest absolute Gasteiger partial charge is 0.240 e. The summed E-state index contributed by atoms with van der Waals surface area (Å²) in [6, 6.07) is 9.02. The molecular formula is C23H31N5O3S2. The van der Waals surface area contributed by atoms with Crippen molar-refractivity contribution in [1.29, 1.82) is 0 Å². The number of nitrogens with two attached hydrogens (primary N) is 1. The third-order valence-electron chi connectivity index (χ3n) is 6.06. The van der Waals surface area contributed by atoms with E-state index in [2.05, 4.69) is 26.7 Å². The first-order chi connectivity index (χ1) is 15.3. The van der Waals surface area contributed by atoms with Crippen LogP contribution in [0.3, 0.4) is 0 Å². The number of aromatic nitrogens is 2. The first-order valence-corrected chi connectivity index (χ1v) is 12.3. The monoisotopic (exact) mass is 489 g/mol. The zero-order valence-corrected chi connectivity index (χ0v) is 20.9. The van der Waals surface area contributed by atoms with Gasteiger partial charge in [-0.1, -0.05) is 18.1 Å². The highest BCUT2D eigenvalue weighted by molar-refractivity contribution is 7.89. The van der Waals surface area contributed by atoms with Crippen molar-refractivity contribution in [1.82, 2.24) is 19.8 Å². The number of nitrogen functional groups attached to an aromatic ring is 1. The van der Waals surface area contributed by atoms with Gasteiger partial charge >= 0.3 is 0 Å². The highest BCUT2D eigenvalue weighted by atomic mass is 32.2. The third-order valence-corrected chi connectivity index (χ3v) is 7.48. The van der Waals surface area contributed by atoms with Crippen LogP contribution in [0.4, 0.5) is 5.82 Å². The molecule has 4 rings (SSSR count). The summed E-state index contributed by atoms with van der Waals surface area (Å²) >= 11 is 0. The summed E-state index contributed by atoms with van der Waals surface area (Å²) in [5.74, 6) is 0.847. The van der Waals surface area contributed by atoms with E-state index in [-0.39, 0.29) is 24.4 Å². The number of hydrogen-bond donors (Lipinski definition) is 2. The number of aryl methyl sites for hydroxylation is 2. The number of benzene rings is 1. The fourth-order valence-corrected chi connectivity index (χ4v) is 5.32. The molecule has 1 fully saturated rings. The van der Waals surface area contributed by atoms with Crippen LogP contribution in [0, 0.1) is 13.8 Å². The summed E-state index contributed by atoms with van der Waals surface area (Å²) < 4.78 is 34.2. The number of likely N-dealkylation sites (tertiary alicyclic amines) is 1. The molecule has 1 aliphatic rings. The number of likely N-dealkylation sites (N-methyl/N-ethyl adjacent to an activating group) is 1. The van der Waals surface area contributed by atoms with Crippen molar-refractivity contribution < 1.29 is 12.9 Å². The number of nitrogens with zero attached hydrogens (tertiary/aromatic N) is 3. The van der Waals surface area contributed by atoms with Crippen LogP contribution in [-0.4, -0.2) is 49.1 Å². The maximum absolute atomic E-state index is 13.0. The van der Waals surface area contributed by atoms with Gasteiger partial charge in [-0.2, -0.15) is 13.5 Å². The Morgan fingerprint density at radius 2 is 2.00 bits per heavy atom. The van der Waals surface area contributed by atoms with E-state index < -0.39 is 10.0 Å². The second-order valence-electron chi connectivity index (χ2n) is 8.24. The molecule has 1 saturated heterocycles. The van der Waals surface area contributed by atoms with Crippen LogP contribution in [0.2, 0.25) is 0 Å². The van der Waals surface area contributed by atoms with Crippen LogP contribution < -0.4 is 10.5 Å². The number of sulfonamides is 1. The molecule has 33 heavy (non-hydrogen) atoms. The molecule has 1 atom stereocenters. The van der Waals surface area contributed by atoms with Crippen molar-refractivity contribution in [3.05, 3.63) is 47.8 Å². The molecule has 0 bridgehead atoms. The minimum absolute atomic E-state index is 0. The second-order valence-corrected chi connectivity index (χ2v) is 10.0. The molecule has 3 heterocycles. The van der Waals surface area contributed by atoms with Crippen molar-refractivity contribution in [2.45, 2.75) is 44.6 Å². The standard InChI is InChI=1S/C23H29N5O3S.H2S/c1-4-28-9-5-6-18(28)14-26-32(29,30)19-8-7-15(2)20(12-19)17-11-21(23(24)25-13-17)22-10-16(3)27-31-22;/h7-8,10-13,18,26H,4-6,9,14H2,1-3H3,(H2,24,25);1H2. The maximum atomic E-state index is 13.0. The average molecular weight is 490 g/mol. The zero-order chi connectivity index (χ0) is 22.9. The Morgan fingerprint density at radius 3 is 2.70 bits per heavy atom. The van der Waals surface area contributed by atoms with E-state index in [0.717, 1.165) is 48.3 Å². The summed E-state index contributed by atoms with van der Waals surface area (Å²) in [4.78, 5) is 6.84. The largest absolute Gasteiger partial charge is 0.383 e. The lowest BCUT2D eigenvalue weighted by molar-refractivity contribution is 0.268. The van der Waals surface area contributed by atoms with Gasteiger partial charge in [0.05, 0.1) is 16.2 Å². The van der Waals surface area contributed by atoms with Crippen molar-refractivity contribution in [3.63, 3.8) is 0 Å². The summed E-state index contributed by atoms with van der Waals surface area (Å²) in [7, 11) is -3.64.